The first-order valence-corrected chi connectivity index (χ1v) is 7.91. The van der Waals surface area contributed by atoms with E-state index in [-0.39, 0.29) is 17.1 Å². The van der Waals surface area contributed by atoms with Crippen molar-refractivity contribution in [2.24, 2.45) is 5.41 Å². The van der Waals surface area contributed by atoms with Crippen LogP contribution in [0.2, 0.25) is 0 Å². The van der Waals surface area contributed by atoms with Crippen LogP contribution in [0.15, 0.2) is 24.3 Å². The predicted molar refractivity (Wildman–Crippen MR) is 80.8 cm³/mol. The van der Waals surface area contributed by atoms with Gasteiger partial charge in [-0.15, -0.1) is 11.8 Å². The molecule has 0 saturated heterocycles. The average molecular weight is 293 g/mol. The molecule has 0 aromatic heterocycles. The van der Waals surface area contributed by atoms with Crippen LogP contribution >= 0.6 is 11.8 Å². The first-order valence-electron chi connectivity index (χ1n) is 6.76. The van der Waals surface area contributed by atoms with Gasteiger partial charge >= 0.3 is 5.97 Å². The van der Waals surface area contributed by atoms with Crippen LogP contribution in [-0.4, -0.2) is 22.7 Å². The number of carboxylic acid groups (broad SMARTS) is 1. The molecule has 0 heterocycles. The Morgan fingerprint density at radius 3 is 2.75 bits per heavy atom. The molecule has 20 heavy (non-hydrogen) atoms. The molecule has 0 radical (unpaired) electrons. The number of anilines is 1. The van der Waals surface area contributed by atoms with Crippen LogP contribution < -0.4 is 5.32 Å². The summed E-state index contributed by atoms with van der Waals surface area (Å²) in [6.45, 7) is 2.05. The van der Waals surface area contributed by atoms with Crippen LogP contribution in [0.25, 0.3) is 0 Å². The number of benzene rings is 1. The second-order valence-electron chi connectivity index (χ2n) is 5.17. The Hall–Kier alpha value is -1.49. The number of hydrogen-bond donors (Lipinski definition) is 2. The summed E-state index contributed by atoms with van der Waals surface area (Å²) >= 11 is 1.35. The molecular formula is C15H19NO3S. The molecule has 1 amide bonds. The molecule has 0 unspecified atom stereocenters. The van der Waals surface area contributed by atoms with Crippen molar-refractivity contribution < 1.29 is 14.7 Å². The van der Waals surface area contributed by atoms with Gasteiger partial charge in [0.1, 0.15) is 0 Å². The van der Waals surface area contributed by atoms with E-state index in [1.54, 1.807) is 0 Å². The third-order valence-electron chi connectivity index (χ3n) is 3.69. The molecule has 4 nitrogen and oxygen atoms in total. The number of thioether (sulfide) groups is 1. The largest absolute Gasteiger partial charge is 0.481 e. The van der Waals surface area contributed by atoms with Gasteiger partial charge in [0.05, 0.1) is 5.75 Å². The summed E-state index contributed by atoms with van der Waals surface area (Å²) in [4.78, 5) is 22.6. The van der Waals surface area contributed by atoms with Crippen molar-refractivity contribution in [1.82, 2.24) is 0 Å². The highest BCUT2D eigenvalue weighted by Crippen LogP contribution is 2.49. The lowest BCUT2D eigenvalue weighted by Gasteiger charge is -2.13. The summed E-state index contributed by atoms with van der Waals surface area (Å²) < 4.78 is 0. The highest BCUT2D eigenvalue weighted by atomic mass is 32.2. The van der Waals surface area contributed by atoms with Gasteiger partial charge < -0.3 is 10.4 Å². The maximum Gasteiger partial charge on any atom is 0.313 e. The topological polar surface area (TPSA) is 66.4 Å². The number of nitrogens with one attached hydrogen (secondary N) is 1. The number of carbonyl (C=O) groups excluding carboxylic acids is 1. The predicted octanol–water partition coefficient (Wildman–Crippen LogP) is 3.13. The van der Waals surface area contributed by atoms with Gasteiger partial charge in [0, 0.05) is 16.9 Å². The fourth-order valence-corrected chi connectivity index (χ4v) is 2.84. The SMILES string of the molecule is CCC1(C(=O)Nc2cccc(CSCC(=O)O)c2)CC1. The van der Waals surface area contributed by atoms with Crippen molar-refractivity contribution in [1.29, 1.82) is 0 Å². The number of carboxylic acids is 1. The van der Waals surface area contributed by atoms with Gasteiger partial charge in [0.2, 0.25) is 5.91 Å². The second kappa shape index (κ2) is 6.31. The number of hydrogen-bond acceptors (Lipinski definition) is 3. The fourth-order valence-electron chi connectivity index (χ4n) is 2.15. The first kappa shape index (κ1) is 14.9. The summed E-state index contributed by atoms with van der Waals surface area (Å²) in [5, 5.41) is 11.6. The molecular weight excluding hydrogens is 274 g/mol. The lowest BCUT2D eigenvalue weighted by atomic mass is 10.0. The van der Waals surface area contributed by atoms with E-state index >= 15 is 0 Å². The second-order valence-corrected chi connectivity index (χ2v) is 6.16. The molecule has 1 aliphatic rings. The van der Waals surface area contributed by atoms with Gasteiger partial charge in [-0.1, -0.05) is 19.1 Å². The quantitative estimate of drug-likeness (QED) is 0.810. The minimum atomic E-state index is -0.807. The van der Waals surface area contributed by atoms with E-state index in [9.17, 15) is 9.59 Å². The molecule has 5 heteroatoms. The summed E-state index contributed by atoms with van der Waals surface area (Å²) in [6.07, 6.45) is 2.83. The average Bonchev–Trinajstić information content (AvgIpc) is 3.20. The molecule has 2 rings (SSSR count). The van der Waals surface area contributed by atoms with E-state index < -0.39 is 5.97 Å². The zero-order valence-corrected chi connectivity index (χ0v) is 12.3. The van der Waals surface area contributed by atoms with E-state index in [2.05, 4.69) is 5.32 Å². The zero-order valence-electron chi connectivity index (χ0n) is 11.5. The van der Waals surface area contributed by atoms with E-state index in [0.717, 1.165) is 30.5 Å². The standard InChI is InChI=1S/C15H19NO3S/c1-2-15(6-7-15)14(19)16-12-5-3-4-11(8-12)9-20-10-13(17)18/h3-5,8H,2,6-7,9-10H2,1H3,(H,16,19)(H,17,18). The normalized spacial score (nSPS) is 15.7. The van der Waals surface area contributed by atoms with Gasteiger partial charge in [0.25, 0.3) is 0 Å². The van der Waals surface area contributed by atoms with E-state index in [4.69, 9.17) is 5.11 Å². The minimum Gasteiger partial charge on any atom is -0.481 e. The summed E-state index contributed by atoms with van der Waals surface area (Å²) in [5.74, 6) is 0.0261. The Kier molecular flexibility index (Phi) is 4.70. The number of carbonyl (C=O) groups is 2. The van der Waals surface area contributed by atoms with E-state index in [0.29, 0.717) is 5.75 Å². The first-order chi connectivity index (χ1) is 9.55. The molecule has 0 atom stereocenters. The molecule has 1 aromatic rings. The Morgan fingerprint density at radius 2 is 2.15 bits per heavy atom. The monoisotopic (exact) mass is 293 g/mol. The maximum absolute atomic E-state index is 12.1. The number of aliphatic carboxylic acids is 1. The van der Waals surface area contributed by atoms with Crippen molar-refractivity contribution in [3.05, 3.63) is 29.8 Å². The van der Waals surface area contributed by atoms with Gasteiger partial charge in [-0.25, -0.2) is 0 Å². The molecule has 2 N–H and O–H groups in total. The van der Waals surface area contributed by atoms with Crippen molar-refractivity contribution in [3.63, 3.8) is 0 Å². The molecule has 1 aliphatic carbocycles. The molecule has 0 aliphatic heterocycles. The Balaban J connectivity index is 1.92. The van der Waals surface area contributed by atoms with Crippen molar-refractivity contribution in [3.8, 4) is 0 Å². The minimum absolute atomic E-state index is 0.0928. The third kappa shape index (κ3) is 3.76. The smallest absolute Gasteiger partial charge is 0.313 e. The van der Waals surface area contributed by atoms with Crippen LogP contribution in [0.4, 0.5) is 5.69 Å². The molecule has 0 bridgehead atoms. The van der Waals surface area contributed by atoms with Crippen LogP contribution in [0, 0.1) is 5.41 Å². The van der Waals surface area contributed by atoms with E-state index in [1.807, 2.05) is 31.2 Å². The molecule has 1 saturated carbocycles. The molecule has 1 aromatic carbocycles. The summed E-state index contributed by atoms with van der Waals surface area (Å²) in [7, 11) is 0. The van der Waals surface area contributed by atoms with Crippen LogP contribution in [-0.2, 0) is 15.3 Å². The molecule has 0 spiro atoms. The van der Waals surface area contributed by atoms with Crippen molar-refractivity contribution in [2.75, 3.05) is 11.1 Å². The van der Waals surface area contributed by atoms with Crippen LogP contribution in [0.1, 0.15) is 31.7 Å². The lowest BCUT2D eigenvalue weighted by Crippen LogP contribution is -2.23. The van der Waals surface area contributed by atoms with Crippen LogP contribution in [0.5, 0.6) is 0 Å². The highest BCUT2D eigenvalue weighted by molar-refractivity contribution is 7.99. The Labute approximate surface area is 123 Å². The van der Waals surface area contributed by atoms with Crippen LogP contribution in [0.3, 0.4) is 0 Å². The summed E-state index contributed by atoms with van der Waals surface area (Å²) in [6, 6.07) is 7.61. The number of rotatable bonds is 7. The Bertz CT molecular complexity index is 512. The van der Waals surface area contributed by atoms with Gasteiger partial charge in [-0.3, -0.25) is 9.59 Å². The Morgan fingerprint density at radius 1 is 1.40 bits per heavy atom. The van der Waals surface area contributed by atoms with Crippen molar-refractivity contribution in [2.45, 2.75) is 31.9 Å². The fraction of sp³-hybridized carbons (Fsp3) is 0.467. The van der Waals surface area contributed by atoms with Crippen molar-refractivity contribution >= 4 is 29.3 Å². The van der Waals surface area contributed by atoms with Gasteiger partial charge in [0.15, 0.2) is 0 Å². The van der Waals surface area contributed by atoms with E-state index in [1.165, 1.54) is 11.8 Å². The third-order valence-corrected chi connectivity index (χ3v) is 4.68. The number of amides is 1. The molecule has 1 fully saturated rings. The highest BCUT2D eigenvalue weighted by Gasteiger charge is 2.47. The zero-order chi connectivity index (χ0) is 14.6. The molecule has 108 valence electrons. The maximum atomic E-state index is 12.1. The summed E-state index contributed by atoms with van der Waals surface area (Å²) in [5.41, 5.74) is 1.67. The van der Waals surface area contributed by atoms with Gasteiger partial charge in [-0.2, -0.15) is 0 Å². The lowest BCUT2D eigenvalue weighted by molar-refractivity contribution is -0.133. The van der Waals surface area contributed by atoms with Gasteiger partial charge in [-0.05, 0) is 37.0 Å².